The Bertz CT molecular complexity index is 759. The first kappa shape index (κ1) is 18.1. The van der Waals surface area contributed by atoms with E-state index in [1.165, 1.54) is 5.56 Å². The maximum Gasteiger partial charge on any atom is 0.227 e. The van der Waals surface area contributed by atoms with Crippen molar-refractivity contribution in [3.63, 3.8) is 0 Å². The molecule has 0 aliphatic carbocycles. The van der Waals surface area contributed by atoms with Gasteiger partial charge in [0.1, 0.15) is 0 Å². The minimum atomic E-state index is -0.248. The van der Waals surface area contributed by atoms with Crippen LogP contribution in [0.4, 0.5) is 0 Å². The van der Waals surface area contributed by atoms with E-state index in [-0.39, 0.29) is 17.7 Å². The van der Waals surface area contributed by atoms with Gasteiger partial charge in [0, 0.05) is 51.4 Å². The number of likely N-dealkylation sites (N-methyl/N-ethyl adjacent to an activating group) is 1. The van der Waals surface area contributed by atoms with Gasteiger partial charge in [-0.15, -0.1) is 0 Å². The van der Waals surface area contributed by atoms with Gasteiger partial charge in [-0.1, -0.05) is 35.9 Å². The summed E-state index contributed by atoms with van der Waals surface area (Å²) >= 11 is 0. The Morgan fingerprint density at radius 1 is 1.23 bits per heavy atom. The van der Waals surface area contributed by atoms with Gasteiger partial charge in [-0.2, -0.15) is 0 Å². The van der Waals surface area contributed by atoms with Crippen LogP contribution in [0, 0.1) is 12.8 Å². The maximum absolute atomic E-state index is 12.7. The predicted octanol–water partition coefficient (Wildman–Crippen LogP) is 2.44. The van der Waals surface area contributed by atoms with E-state index in [1.807, 2.05) is 49.4 Å². The van der Waals surface area contributed by atoms with Crippen LogP contribution in [-0.2, 0) is 22.6 Å². The summed E-state index contributed by atoms with van der Waals surface area (Å²) in [4.78, 5) is 32.8. The van der Waals surface area contributed by atoms with Gasteiger partial charge in [-0.25, -0.2) is 0 Å². The molecule has 1 aromatic carbocycles. The van der Waals surface area contributed by atoms with Crippen LogP contribution in [0.5, 0.6) is 0 Å². The number of carbonyl (C=O) groups is 2. The Kier molecular flexibility index (Phi) is 5.66. The third-order valence-corrected chi connectivity index (χ3v) is 4.86. The van der Waals surface area contributed by atoms with Gasteiger partial charge in [0.05, 0.1) is 5.92 Å². The van der Waals surface area contributed by atoms with Crippen molar-refractivity contribution in [2.75, 3.05) is 20.1 Å². The highest BCUT2D eigenvalue weighted by molar-refractivity contribution is 5.89. The molecule has 5 nitrogen and oxygen atoms in total. The van der Waals surface area contributed by atoms with Gasteiger partial charge in [0.25, 0.3) is 0 Å². The number of hydrogen-bond acceptors (Lipinski definition) is 3. The minimum Gasteiger partial charge on any atom is -0.345 e. The average molecular weight is 351 g/mol. The van der Waals surface area contributed by atoms with E-state index in [0.717, 1.165) is 17.7 Å². The Morgan fingerprint density at radius 2 is 2.00 bits per heavy atom. The molecule has 2 aromatic rings. The molecule has 1 atom stereocenters. The normalized spacial score (nSPS) is 16.8. The molecule has 0 N–H and O–H groups in total. The summed E-state index contributed by atoms with van der Waals surface area (Å²) in [6, 6.07) is 14.0. The van der Waals surface area contributed by atoms with Crippen LogP contribution in [0.25, 0.3) is 0 Å². The highest BCUT2D eigenvalue weighted by Gasteiger charge is 2.35. The van der Waals surface area contributed by atoms with Crippen LogP contribution in [0.2, 0.25) is 0 Å². The van der Waals surface area contributed by atoms with Gasteiger partial charge in [0.15, 0.2) is 0 Å². The Balaban J connectivity index is 1.53. The SMILES string of the molecule is Cc1ccc(CN2CC(C(=O)N(C)CCc3ccccn3)CC2=O)cc1. The van der Waals surface area contributed by atoms with Crippen molar-refractivity contribution in [3.8, 4) is 0 Å². The molecular formula is C21H25N3O2. The fourth-order valence-electron chi connectivity index (χ4n) is 3.25. The zero-order valence-electron chi connectivity index (χ0n) is 15.4. The van der Waals surface area contributed by atoms with E-state index < -0.39 is 0 Å². The standard InChI is InChI=1S/C21H25N3O2/c1-16-6-8-17(9-7-16)14-24-15-18(13-20(24)25)21(26)23(2)12-10-19-5-3-4-11-22-19/h3-9,11,18H,10,12-15H2,1-2H3. The summed E-state index contributed by atoms with van der Waals surface area (Å²) in [5, 5.41) is 0. The summed E-state index contributed by atoms with van der Waals surface area (Å²) < 4.78 is 0. The fraction of sp³-hybridized carbons (Fsp3) is 0.381. The average Bonchev–Trinajstić information content (AvgIpc) is 3.02. The van der Waals surface area contributed by atoms with Crippen molar-refractivity contribution < 1.29 is 9.59 Å². The molecule has 3 rings (SSSR count). The first-order chi connectivity index (χ1) is 12.5. The number of aromatic nitrogens is 1. The fourth-order valence-corrected chi connectivity index (χ4v) is 3.25. The Labute approximate surface area is 154 Å². The number of nitrogens with zero attached hydrogens (tertiary/aromatic N) is 3. The van der Waals surface area contributed by atoms with Gasteiger partial charge in [-0.3, -0.25) is 14.6 Å². The quantitative estimate of drug-likeness (QED) is 0.803. The van der Waals surface area contributed by atoms with E-state index in [9.17, 15) is 9.59 Å². The monoisotopic (exact) mass is 351 g/mol. The molecule has 5 heteroatoms. The van der Waals surface area contributed by atoms with Gasteiger partial charge in [0.2, 0.25) is 11.8 Å². The second-order valence-corrected chi connectivity index (χ2v) is 6.99. The van der Waals surface area contributed by atoms with Crippen LogP contribution in [0.1, 0.15) is 23.2 Å². The molecule has 2 amide bonds. The van der Waals surface area contributed by atoms with E-state index in [4.69, 9.17) is 0 Å². The first-order valence-electron chi connectivity index (χ1n) is 9.01. The summed E-state index contributed by atoms with van der Waals surface area (Å²) in [6.07, 6.45) is 2.78. The largest absolute Gasteiger partial charge is 0.345 e. The van der Waals surface area contributed by atoms with E-state index in [2.05, 4.69) is 4.98 Å². The molecule has 0 radical (unpaired) electrons. The number of hydrogen-bond donors (Lipinski definition) is 0. The molecule has 1 aliphatic rings. The van der Waals surface area contributed by atoms with E-state index >= 15 is 0 Å². The summed E-state index contributed by atoms with van der Waals surface area (Å²) in [5.41, 5.74) is 3.26. The molecule has 1 aromatic heterocycles. The Morgan fingerprint density at radius 3 is 2.69 bits per heavy atom. The third kappa shape index (κ3) is 4.48. The number of benzene rings is 1. The zero-order valence-corrected chi connectivity index (χ0v) is 15.4. The lowest BCUT2D eigenvalue weighted by Gasteiger charge is -2.21. The number of rotatable bonds is 6. The highest BCUT2D eigenvalue weighted by atomic mass is 16.2. The van der Waals surface area contributed by atoms with Gasteiger partial charge < -0.3 is 9.80 Å². The smallest absolute Gasteiger partial charge is 0.227 e. The summed E-state index contributed by atoms with van der Waals surface area (Å²) in [6.45, 7) is 3.72. The molecule has 0 spiro atoms. The van der Waals surface area contributed by atoms with Crippen molar-refractivity contribution in [2.24, 2.45) is 5.92 Å². The summed E-state index contributed by atoms with van der Waals surface area (Å²) in [7, 11) is 1.80. The van der Waals surface area contributed by atoms with Crippen LogP contribution >= 0.6 is 0 Å². The molecule has 1 saturated heterocycles. The number of pyridine rings is 1. The van der Waals surface area contributed by atoms with Crippen molar-refractivity contribution in [2.45, 2.75) is 26.3 Å². The number of likely N-dealkylation sites (tertiary alicyclic amines) is 1. The van der Waals surface area contributed by atoms with Gasteiger partial charge in [-0.05, 0) is 24.6 Å². The van der Waals surface area contributed by atoms with Crippen LogP contribution in [-0.4, -0.2) is 46.7 Å². The van der Waals surface area contributed by atoms with Crippen LogP contribution in [0.15, 0.2) is 48.7 Å². The molecule has 1 aliphatic heterocycles. The number of carbonyl (C=O) groups excluding carboxylic acids is 2. The second-order valence-electron chi connectivity index (χ2n) is 6.99. The second kappa shape index (κ2) is 8.13. The molecule has 1 fully saturated rings. The lowest BCUT2D eigenvalue weighted by atomic mass is 10.1. The number of amides is 2. The van der Waals surface area contributed by atoms with Crippen LogP contribution < -0.4 is 0 Å². The lowest BCUT2D eigenvalue weighted by Crippen LogP contribution is -2.36. The van der Waals surface area contributed by atoms with Crippen molar-refractivity contribution in [1.29, 1.82) is 0 Å². The predicted molar refractivity (Wildman–Crippen MR) is 100 cm³/mol. The van der Waals surface area contributed by atoms with E-state index in [1.54, 1.807) is 23.0 Å². The molecule has 0 saturated carbocycles. The molecule has 136 valence electrons. The Hall–Kier alpha value is -2.69. The topological polar surface area (TPSA) is 53.5 Å². The minimum absolute atomic E-state index is 0.0423. The molecule has 0 bridgehead atoms. The lowest BCUT2D eigenvalue weighted by molar-refractivity contribution is -0.134. The summed E-state index contributed by atoms with van der Waals surface area (Å²) in [5.74, 6) is -0.149. The zero-order chi connectivity index (χ0) is 18.5. The van der Waals surface area contributed by atoms with Crippen LogP contribution in [0.3, 0.4) is 0 Å². The molecule has 26 heavy (non-hydrogen) atoms. The first-order valence-corrected chi connectivity index (χ1v) is 9.01. The van der Waals surface area contributed by atoms with Crippen molar-refractivity contribution in [1.82, 2.24) is 14.8 Å². The van der Waals surface area contributed by atoms with Crippen molar-refractivity contribution in [3.05, 3.63) is 65.5 Å². The maximum atomic E-state index is 12.7. The molecule has 2 heterocycles. The third-order valence-electron chi connectivity index (χ3n) is 4.86. The highest BCUT2D eigenvalue weighted by Crippen LogP contribution is 2.22. The number of aryl methyl sites for hydroxylation is 1. The van der Waals surface area contributed by atoms with Crippen molar-refractivity contribution >= 4 is 11.8 Å². The molecular weight excluding hydrogens is 326 g/mol. The van der Waals surface area contributed by atoms with Gasteiger partial charge >= 0.3 is 0 Å². The molecule has 1 unspecified atom stereocenters. The van der Waals surface area contributed by atoms with E-state index in [0.29, 0.717) is 26.1 Å².